The van der Waals surface area contributed by atoms with E-state index in [0.29, 0.717) is 11.4 Å². The Labute approximate surface area is 88.6 Å². The van der Waals surface area contributed by atoms with Gasteiger partial charge in [-0.25, -0.2) is 4.79 Å². The monoisotopic (exact) mass is 209 g/mol. The van der Waals surface area contributed by atoms with Gasteiger partial charge in [0.2, 0.25) is 0 Å². The molecule has 0 aliphatic heterocycles. The van der Waals surface area contributed by atoms with Crippen molar-refractivity contribution >= 4 is 17.5 Å². The molecule has 0 saturated heterocycles. The Hall–Kier alpha value is -1.78. The number of nitrogens with zero attached hydrogens (tertiary/aromatic N) is 1. The lowest BCUT2D eigenvalue weighted by atomic mass is 10.2. The van der Waals surface area contributed by atoms with Crippen molar-refractivity contribution in [1.29, 1.82) is 0 Å². The first-order chi connectivity index (χ1) is 6.87. The van der Waals surface area contributed by atoms with Crippen molar-refractivity contribution in [3.8, 4) is 0 Å². The molecule has 0 aliphatic rings. The predicted molar refractivity (Wildman–Crippen MR) is 58.5 cm³/mol. The average Bonchev–Trinajstić information content (AvgIpc) is 1.99. The van der Waals surface area contributed by atoms with E-state index in [1.165, 1.54) is 12.4 Å². The first-order valence-electron chi connectivity index (χ1n) is 4.57. The van der Waals surface area contributed by atoms with Gasteiger partial charge in [-0.2, -0.15) is 0 Å². The Morgan fingerprint density at radius 1 is 1.47 bits per heavy atom. The predicted octanol–water partition coefficient (Wildman–Crippen LogP) is 2.01. The van der Waals surface area contributed by atoms with E-state index in [4.69, 9.17) is 10.5 Å². The standard InChI is InChI=1S/C10H15N3O2/c1-10(2,3)15-9(14)13-8-4-7(11)5-12-6-8/h4-6H,11H2,1-3H3,(H,13,14). The topological polar surface area (TPSA) is 77.2 Å². The number of nitrogens with two attached hydrogens (primary N) is 1. The number of nitrogen functional groups attached to an aromatic ring is 1. The summed E-state index contributed by atoms with van der Waals surface area (Å²) >= 11 is 0. The van der Waals surface area contributed by atoms with Crippen LogP contribution in [0.5, 0.6) is 0 Å². The van der Waals surface area contributed by atoms with E-state index >= 15 is 0 Å². The van der Waals surface area contributed by atoms with Crippen LogP contribution in [0.15, 0.2) is 18.5 Å². The number of pyridine rings is 1. The molecule has 5 nitrogen and oxygen atoms in total. The largest absolute Gasteiger partial charge is 0.444 e. The number of carbonyl (C=O) groups excluding carboxylic acids is 1. The average molecular weight is 209 g/mol. The zero-order chi connectivity index (χ0) is 11.5. The van der Waals surface area contributed by atoms with Crippen LogP contribution in [0.1, 0.15) is 20.8 Å². The van der Waals surface area contributed by atoms with Gasteiger partial charge in [0.1, 0.15) is 5.60 Å². The molecule has 1 heterocycles. The zero-order valence-electron chi connectivity index (χ0n) is 9.07. The number of carbonyl (C=O) groups is 1. The Bertz CT molecular complexity index is 358. The van der Waals surface area contributed by atoms with Crippen LogP contribution >= 0.6 is 0 Å². The van der Waals surface area contributed by atoms with Gasteiger partial charge in [-0.05, 0) is 26.8 Å². The number of rotatable bonds is 1. The molecule has 1 rings (SSSR count). The second-order valence-electron chi connectivity index (χ2n) is 4.13. The summed E-state index contributed by atoms with van der Waals surface area (Å²) in [7, 11) is 0. The van der Waals surface area contributed by atoms with Gasteiger partial charge in [0, 0.05) is 6.20 Å². The Morgan fingerprint density at radius 3 is 2.67 bits per heavy atom. The smallest absolute Gasteiger partial charge is 0.412 e. The molecule has 15 heavy (non-hydrogen) atoms. The van der Waals surface area contributed by atoms with Crippen LogP contribution in [0, 0.1) is 0 Å². The summed E-state index contributed by atoms with van der Waals surface area (Å²) in [6.07, 6.45) is 2.48. The third-order valence-electron chi connectivity index (χ3n) is 1.40. The molecule has 5 heteroatoms. The SMILES string of the molecule is CC(C)(C)OC(=O)Nc1cncc(N)c1. The number of amides is 1. The van der Waals surface area contributed by atoms with Crippen LogP contribution in [-0.2, 0) is 4.74 Å². The van der Waals surface area contributed by atoms with Crippen molar-refractivity contribution in [3.63, 3.8) is 0 Å². The number of aromatic nitrogens is 1. The van der Waals surface area contributed by atoms with Gasteiger partial charge in [-0.15, -0.1) is 0 Å². The summed E-state index contributed by atoms with van der Waals surface area (Å²) in [6, 6.07) is 1.61. The van der Waals surface area contributed by atoms with Crippen molar-refractivity contribution < 1.29 is 9.53 Å². The van der Waals surface area contributed by atoms with Crippen LogP contribution < -0.4 is 11.1 Å². The highest BCUT2D eigenvalue weighted by Gasteiger charge is 2.16. The van der Waals surface area contributed by atoms with Crippen molar-refractivity contribution in [2.24, 2.45) is 0 Å². The van der Waals surface area contributed by atoms with E-state index in [2.05, 4.69) is 10.3 Å². The molecule has 1 aromatic heterocycles. The van der Waals surface area contributed by atoms with Crippen molar-refractivity contribution in [2.75, 3.05) is 11.1 Å². The second-order valence-corrected chi connectivity index (χ2v) is 4.13. The molecule has 0 spiro atoms. The van der Waals surface area contributed by atoms with Gasteiger partial charge < -0.3 is 10.5 Å². The summed E-state index contributed by atoms with van der Waals surface area (Å²) < 4.78 is 5.06. The highest BCUT2D eigenvalue weighted by Crippen LogP contribution is 2.12. The maximum Gasteiger partial charge on any atom is 0.412 e. The number of hydrogen-bond donors (Lipinski definition) is 2. The summed E-state index contributed by atoms with van der Waals surface area (Å²) in [5.41, 5.74) is 6.00. The Morgan fingerprint density at radius 2 is 2.13 bits per heavy atom. The molecule has 0 saturated carbocycles. The fraction of sp³-hybridized carbons (Fsp3) is 0.400. The molecule has 82 valence electrons. The highest BCUT2D eigenvalue weighted by molar-refractivity contribution is 5.85. The molecule has 0 bridgehead atoms. The summed E-state index contributed by atoms with van der Waals surface area (Å²) in [5, 5.41) is 2.54. The molecular formula is C10H15N3O2. The van der Waals surface area contributed by atoms with Gasteiger partial charge >= 0.3 is 6.09 Å². The first kappa shape index (κ1) is 11.3. The van der Waals surface area contributed by atoms with Crippen LogP contribution in [0.4, 0.5) is 16.2 Å². The molecule has 1 aromatic rings. The fourth-order valence-corrected chi connectivity index (χ4v) is 0.948. The normalized spacial score (nSPS) is 10.9. The van der Waals surface area contributed by atoms with Crippen LogP contribution in [-0.4, -0.2) is 16.7 Å². The van der Waals surface area contributed by atoms with E-state index in [9.17, 15) is 4.79 Å². The Balaban J connectivity index is 2.59. The van der Waals surface area contributed by atoms with Gasteiger partial charge in [-0.1, -0.05) is 0 Å². The third-order valence-corrected chi connectivity index (χ3v) is 1.40. The summed E-state index contributed by atoms with van der Waals surface area (Å²) in [4.78, 5) is 15.2. The maximum atomic E-state index is 11.3. The lowest BCUT2D eigenvalue weighted by molar-refractivity contribution is 0.0636. The minimum absolute atomic E-state index is 0.489. The molecule has 0 radical (unpaired) electrons. The van der Waals surface area contributed by atoms with Gasteiger partial charge in [0.05, 0.1) is 17.6 Å². The lowest BCUT2D eigenvalue weighted by Crippen LogP contribution is -2.27. The molecule has 0 aliphatic carbocycles. The molecule has 1 amide bonds. The van der Waals surface area contributed by atoms with Crippen LogP contribution in [0.25, 0.3) is 0 Å². The third kappa shape index (κ3) is 4.30. The van der Waals surface area contributed by atoms with Crippen LogP contribution in [0.3, 0.4) is 0 Å². The minimum Gasteiger partial charge on any atom is -0.444 e. The molecule has 3 N–H and O–H groups in total. The molecule has 0 aromatic carbocycles. The molecule has 0 fully saturated rings. The molecule has 0 unspecified atom stereocenters. The molecule has 0 atom stereocenters. The fourth-order valence-electron chi connectivity index (χ4n) is 0.948. The summed E-state index contributed by atoms with van der Waals surface area (Å²) in [5.74, 6) is 0. The van der Waals surface area contributed by atoms with E-state index in [1.54, 1.807) is 26.8 Å². The van der Waals surface area contributed by atoms with Crippen molar-refractivity contribution in [3.05, 3.63) is 18.5 Å². The number of anilines is 2. The second kappa shape index (κ2) is 4.16. The summed E-state index contributed by atoms with van der Waals surface area (Å²) in [6.45, 7) is 5.39. The van der Waals surface area contributed by atoms with E-state index in [0.717, 1.165) is 0 Å². The number of hydrogen-bond acceptors (Lipinski definition) is 4. The highest BCUT2D eigenvalue weighted by atomic mass is 16.6. The number of nitrogens with one attached hydrogen (secondary N) is 1. The van der Waals surface area contributed by atoms with Gasteiger partial charge in [-0.3, -0.25) is 10.3 Å². The number of ether oxygens (including phenoxy) is 1. The van der Waals surface area contributed by atoms with E-state index in [-0.39, 0.29) is 0 Å². The minimum atomic E-state index is -0.519. The van der Waals surface area contributed by atoms with E-state index in [1.807, 2.05) is 0 Å². The van der Waals surface area contributed by atoms with Gasteiger partial charge in [0.25, 0.3) is 0 Å². The lowest BCUT2D eigenvalue weighted by Gasteiger charge is -2.19. The zero-order valence-corrected chi connectivity index (χ0v) is 9.07. The van der Waals surface area contributed by atoms with E-state index < -0.39 is 11.7 Å². The van der Waals surface area contributed by atoms with Crippen LogP contribution in [0.2, 0.25) is 0 Å². The van der Waals surface area contributed by atoms with Gasteiger partial charge in [0.15, 0.2) is 0 Å². The van der Waals surface area contributed by atoms with Crippen molar-refractivity contribution in [2.45, 2.75) is 26.4 Å². The molecular weight excluding hydrogens is 194 g/mol. The first-order valence-corrected chi connectivity index (χ1v) is 4.57. The Kier molecular flexibility index (Phi) is 3.14. The quantitative estimate of drug-likeness (QED) is 0.741. The van der Waals surface area contributed by atoms with Crippen molar-refractivity contribution in [1.82, 2.24) is 4.98 Å². The maximum absolute atomic E-state index is 11.3.